The van der Waals surface area contributed by atoms with Crippen molar-refractivity contribution in [1.82, 2.24) is 0 Å². The first-order valence-corrected chi connectivity index (χ1v) is 7.50. The molecule has 0 amide bonds. The van der Waals surface area contributed by atoms with Gasteiger partial charge in [-0.15, -0.1) is 0 Å². The van der Waals surface area contributed by atoms with Crippen molar-refractivity contribution in [3.8, 4) is 11.5 Å². The van der Waals surface area contributed by atoms with Gasteiger partial charge < -0.3 is 14.6 Å². The Kier molecular flexibility index (Phi) is 4.67. The highest BCUT2D eigenvalue weighted by molar-refractivity contribution is 6.33. The molecule has 1 fully saturated rings. The van der Waals surface area contributed by atoms with Crippen molar-refractivity contribution >= 4 is 17.6 Å². The summed E-state index contributed by atoms with van der Waals surface area (Å²) in [4.78, 5) is 12.0. The lowest BCUT2D eigenvalue weighted by atomic mass is 9.69. The van der Waals surface area contributed by atoms with E-state index >= 15 is 0 Å². The molecule has 0 aliphatic heterocycles. The van der Waals surface area contributed by atoms with Gasteiger partial charge in [0.2, 0.25) is 0 Å². The minimum Gasteiger partial charge on any atom is -0.496 e. The number of ether oxygens (including phenoxy) is 2. The van der Waals surface area contributed by atoms with Gasteiger partial charge in [0.1, 0.15) is 11.5 Å². The SMILES string of the molecule is COc1cc(C)c(OC)c(Cl)c1C1(C(=O)O)CCCCC1. The Morgan fingerprint density at radius 3 is 2.33 bits per heavy atom. The van der Waals surface area contributed by atoms with E-state index in [1.807, 2.05) is 6.92 Å². The van der Waals surface area contributed by atoms with Crippen molar-refractivity contribution in [2.75, 3.05) is 14.2 Å². The molecule has 0 saturated heterocycles. The summed E-state index contributed by atoms with van der Waals surface area (Å²) < 4.78 is 10.8. The van der Waals surface area contributed by atoms with Crippen LogP contribution in [0.5, 0.6) is 11.5 Å². The Balaban J connectivity index is 2.72. The number of rotatable bonds is 4. The van der Waals surface area contributed by atoms with Crippen LogP contribution >= 0.6 is 11.6 Å². The molecule has 0 aromatic heterocycles. The Morgan fingerprint density at radius 1 is 1.24 bits per heavy atom. The molecule has 0 spiro atoms. The minimum absolute atomic E-state index is 0.360. The number of halogens is 1. The smallest absolute Gasteiger partial charge is 0.314 e. The molecule has 1 aromatic rings. The lowest BCUT2D eigenvalue weighted by molar-refractivity contribution is -0.145. The van der Waals surface area contributed by atoms with Gasteiger partial charge in [0.15, 0.2) is 0 Å². The fourth-order valence-electron chi connectivity index (χ4n) is 3.31. The summed E-state index contributed by atoms with van der Waals surface area (Å²) in [5.41, 5.74) is 0.405. The summed E-state index contributed by atoms with van der Waals surface area (Å²) >= 11 is 6.50. The summed E-state index contributed by atoms with van der Waals surface area (Å²) in [5.74, 6) is 0.217. The molecule has 2 rings (SSSR count). The molecule has 5 heteroatoms. The number of carboxylic acid groups (broad SMARTS) is 1. The van der Waals surface area contributed by atoms with Gasteiger partial charge in [0.25, 0.3) is 0 Å². The first-order chi connectivity index (χ1) is 9.97. The van der Waals surface area contributed by atoms with Gasteiger partial charge in [-0.1, -0.05) is 30.9 Å². The molecule has 1 saturated carbocycles. The van der Waals surface area contributed by atoms with E-state index in [0.717, 1.165) is 24.8 Å². The number of hydrogen-bond donors (Lipinski definition) is 1. The number of benzene rings is 1. The van der Waals surface area contributed by atoms with E-state index in [9.17, 15) is 9.90 Å². The van der Waals surface area contributed by atoms with Crippen LogP contribution in [0, 0.1) is 6.92 Å². The minimum atomic E-state index is -0.984. The first-order valence-electron chi connectivity index (χ1n) is 7.13. The van der Waals surface area contributed by atoms with Crippen LogP contribution in [0.3, 0.4) is 0 Å². The number of methoxy groups -OCH3 is 2. The third-order valence-corrected chi connectivity index (χ3v) is 4.75. The monoisotopic (exact) mass is 312 g/mol. The van der Waals surface area contributed by atoms with Crippen molar-refractivity contribution < 1.29 is 19.4 Å². The molecule has 0 bridgehead atoms. The first kappa shape index (κ1) is 16.0. The van der Waals surface area contributed by atoms with Crippen molar-refractivity contribution in [2.45, 2.75) is 44.4 Å². The molecule has 21 heavy (non-hydrogen) atoms. The molecular formula is C16H21ClO4. The fourth-order valence-corrected chi connectivity index (χ4v) is 3.81. The zero-order valence-corrected chi connectivity index (χ0v) is 13.4. The highest BCUT2D eigenvalue weighted by Crippen LogP contribution is 2.50. The highest BCUT2D eigenvalue weighted by atomic mass is 35.5. The molecule has 116 valence electrons. The molecule has 0 heterocycles. The van der Waals surface area contributed by atoms with E-state index in [0.29, 0.717) is 34.9 Å². The topological polar surface area (TPSA) is 55.8 Å². The predicted octanol–water partition coefficient (Wildman–Crippen LogP) is 3.95. The van der Waals surface area contributed by atoms with Gasteiger partial charge in [-0.2, -0.15) is 0 Å². The fraction of sp³-hybridized carbons (Fsp3) is 0.562. The number of aliphatic carboxylic acids is 1. The zero-order valence-electron chi connectivity index (χ0n) is 12.7. The van der Waals surface area contributed by atoms with Crippen molar-refractivity contribution in [3.63, 3.8) is 0 Å². The normalized spacial score (nSPS) is 17.3. The van der Waals surface area contributed by atoms with Gasteiger partial charge in [0.05, 0.1) is 24.7 Å². The predicted molar refractivity (Wildman–Crippen MR) is 81.7 cm³/mol. The lowest BCUT2D eigenvalue weighted by Gasteiger charge is -2.35. The average molecular weight is 313 g/mol. The van der Waals surface area contributed by atoms with E-state index in [4.69, 9.17) is 21.1 Å². The van der Waals surface area contributed by atoms with Crippen LogP contribution in [-0.2, 0) is 10.2 Å². The quantitative estimate of drug-likeness (QED) is 0.914. The van der Waals surface area contributed by atoms with E-state index in [1.54, 1.807) is 20.3 Å². The second kappa shape index (κ2) is 6.14. The van der Waals surface area contributed by atoms with E-state index in [1.165, 1.54) is 0 Å². The molecule has 4 nitrogen and oxygen atoms in total. The van der Waals surface area contributed by atoms with Gasteiger partial charge in [-0.25, -0.2) is 0 Å². The Hall–Kier alpha value is -1.42. The second-order valence-electron chi connectivity index (χ2n) is 5.57. The third kappa shape index (κ3) is 2.57. The summed E-state index contributed by atoms with van der Waals surface area (Å²) in [7, 11) is 3.08. The zero-order chi connectivity index (χ0) is 15.6. The molecule has 0 unspecified atom stereocenters. The molecule has 1 aliphatic carbocycles. The summed E-state index contributed by atoms with van der Waals surface area (Å²) in [6.07, 6.45) is 3.96. The summed E-state index contributed by atoms with van der Waals surface area (Å²) in [6.45, 7) is 1.87. The molecule has 1 aliphatic rings. The summed E-state index contributed by atoms with van der Waals surface area (Å²) in [5, 5.41) is 10.2. The number of carboxylic acids is 1. The highest BCUT2D eigenvalue weighted by Gasteiger charge is 2.45. The molecule has 1 N–H and O–H groups in total. The van der Waals surface area contributed by atoms with Crippen molar-refractivity contribution in [2.24, 2.45) is 0 Å². The molecule has 1 aromatic carbocycles. The average Bonchev–Trinajstić information content (AvgIpc) is 2.47. The van der Waals surface area contributed by atoms with Gasteiger partial charge in [0, 0.05) is 5.56 Å². The largest absolute Gasteiger partial charge is 0.496 e. The molecular weight excluding hydrogens is 292 g/mol. The van der Waals surface area contributed by atoms with E-state index in [-0.39, 0.29) is 0 Å². The maximum atomic E-state index is 12.0. The van der Waals surface area contributed by atoms with E-state index < -0.39 is 11.4 Å². The maximum absolute atomic E-state index is 12.0. The molecule has 0 atom stereocenters. The second-order valence-corrected chi connectivity index (χ2v) is 5.94. The van der Waals surface area contributed by atoms with Crippen LogP contribution < -0.4 is 9.47 Å². The van der Waals surface area contributed by atoms with Crippen LogP contribution in [0.4, 0.5) is 0 Å². The van der Waals surface area contributed by atoms with Crippen LogP contribution in [0.15, 0.2) is 6.07 Å². The van der Waals surface area contributed by atoms with Crippen LogP contribution in [0.25, 0.3) is 0 Å². The number of carbonyl (C=O) groups is 1. The van der Waals surface area contributed by atoms with Crippen molar-refractivity contribution in [1.29, 1.82) is 0 Å². The van der Waals surface area contributed by atoms with Crippen LogP contribution in [0.1, 0.15) is 43.2 Å². The number of aryl methyl sites for hydroxylation is 1. The lowest BCUT2D eigenvalue weighted by Crippen LogP contribution is -2.38. The maximum Gasteiger partial charge on any atom is 0.314 e. The Bertz CT molecular complexity index is 548. The van der Waals surface area contributed by atoms with Crippen molar-refractivity contribution in [3.05, 3.63) is 22.2 Å². The Labute approximate surface area is 130 Å². The third-order valence-electron chi connectivity index (χ3n) is 4.39. The molecule has 0 radical (unpaired) electrons. The number of hydrogen-bond acceptors (Lipinski definition) is 3. The van der Waals surface area contributed by atoms with E-state index in [2.05, 4.69) is 0 Å². The van der Waals surface area contributed by atoms with Gasteiger partial charge in [-0.3, -0.25) is 4.79 Å². The van der Waals surface area contributed by atoms with Gasteiger partial charge in [-0.05, 0) is 31.4 Å². The van der Waals surface area contributed by atoms with Crippen LogP contribution in [0.2, 0.25) is 5.02 Å². The standard InChI is InChI=1S/C16H21ClO4/c1-10-9-11(20-2)12(13(17)14(10)21-3)16(15(18)19)7-5-4-6-8-16/h9H,4-8H2,1-3H3,(H,18,19). The summed E-state index contributed by atoms with van der Waals surface area (Å²) in [6, 6.07) is 1.80. The Morgan fingerprint density at radius 2 is 1.86 bits per heavy atom. The van der Waals surface area contributed by atoms with Gasteiger partial charge >= 0.3 is 5.97 Å². The van der Waals surface area contributed by atoms with Crippen LogP contribution in [-0.4, -0.2) is 25.3 Å².